The Morgan fingerprint density at radius 3 is 2.72 bits per heavy atom. The predicted octanol–water partition coefficient (Wildman–Crippen LogP) is 5.31. The van der Waals surface area contributed by atoms with Gasteiger partial charge in [-0.2, -0.15) is 0 Å². The van der Waals surface area contributed by atoms with E-state index in [4.69, 9.17) is 0 Å². The van der Waals surface area contributed by atoms with Crippen molar-refractivity contribution in [1.29, 1.82) is 0 Å². The molecule has 7 heteroatoms. The molecule has 1 heterocycles. The van der Waals surface area contributed by atoms with Gasteiger partial charge in [0.1, 0.15) is 17.9 Å². The molecule has 1 N–H and O–H groups in total. The minimum atomic E-state index is -0.267. The first-order chi connectivity index (χ1) is 15.3. The van der Waals surface area contributed by atoms with E-state index in [1.165, 1.54) is 17.8 Å². The van der Waals surface area contributed by atoms with E-state index >= 15 is 0 Å². The molecular formula is C25H32FN3O2S. The number of benzene rings is 1. The summed E-state index contributed by atoms with van der Waals surface area (Å²) in [7, 11) is 1.83. The molecule has 0 spiro atoms. The number of likely N-dealkylation sites (tertiary alicyclic amines) is 1. The zero-order valence-corrected chi connectivity index (χ0v) is 20.2. The highest BCUT2D eigenvalue weighted by molar-refractivity contribution is 8.11. The third-order valence-electron chi connectivity index (χ3n) is 5.52. The van der Waals surface area contributed by atoms with Gasteiger partial charge in [0.15, 0.2) is 6.29 Å². The first kappa shape index (κ1) is 25.6. The first-order valence-corrected chi connectivity index (χ1v) is 11.6. The molecule has 5 nitrogen and oxygen atoms in total. The zero-order chi connectivity index (χ0) is 23.7. The van der Waals surface area contributed by atoms with Gasteiger partial charge in [-0.25, -0.2) is 9.38 Å². The Labute approximate surface area is 194 Å². The fourth-order valence-electron chi connectivity index (χ4n) is 3.42. The predicted molar refractivity (Wildman–Crippen MR) is 132 cm³/mol. The number of rotatable bonds is 10. The van der Waals surface area contributed by atoms with Crippen molar-refractivity contribution in [1.82, 2.24) is 10.2 Å². The fraction of sp³-hybridized carbons (Fsp3) is 0.400. The molecular weight excluding hydrogens is 425 g/mol. The molecule has 1 saturated heterocycles. The largest absolute Gasteiger partial charge is 0.374 e. The van der Waals surface area contributed by atoms with Gasteiger partial charge in [0, 0.05) is 23.3 Å². The molecule has 172 valence electrons. The van der Waals surface area contributed by atoms with Crippen LogP contribution in [0.5, 0.6) is 0 Å². The molecule has 2 rings (SSSR count). The van der Waals surface area contributed by atoms with E-state index in [1.807, 2.05) is 37.9 Å². The lowest BCUT2D eigenvalue weighted by molar-refractivity contribution is -0.110. The summed E-state index contributed by atoms with van der Waals surface area (Å²) in [6.45, 7) is 8.05. The average Bonchev–Trinajstić information content (AvgIpc) is 3.15. The number of carbonyl (C=O) groups is 2. The Morgan fingerprint density at radius 2 is 2.16 bits per heavy atom. The van der Waals surface area contributed by atoms with Crippen LogP contribution in [-0.4, -0.2) is 42.4 Å². The van der Waals surface area contributed by atoms with Crippen molar-refractivity contribution in [2.45, 2.75) is 59.0 Å². The van der Waals surface area contributed by atoms with Crippen LogP contribution in [0.3, 0.4) is 0 Å². The lowest BCUT2D eigenvalue weighted by Crippen LogP contribution is -2.30. The molecule has 1 aromatic carbocycles. The Morgan fingerprint density at radius 1 is 1.41 bits per heavy atom. The summed E-state index contributed by atoms with van der Waals surface area (Å²) in [4.78, 5) is 31.0. The Hall–Kier alpha value is -2.67. The quantitative estimate of drug-likeness (QED) is 0.381. The van der Waals surface area contributed by atoms with Crippen LogP contribution in [0.2, 0.25) is 0 Å². The van der Waals surface area contributed by atoms with Crippen LogP contribution >= 0.6 is 11.8 Å². The second kappa shape index (κ2) is 12.4. The molecule has 0 radical (unpaired) electrons. The molecule has 1 aromatic rings. The number of aldehydes is 2. The van der Waals surface area contributed by atoms with Crippen LogP contribution in [0.25, 0.3) is 4.91 Å². The number of aliphatic imine (C=N–C) groups is 1. The minimum absolute atomic E-state index is 0.154. The van der Waals surface area contributed by atoms with E-state index in [1.54, 1.807) is 23.9 Å². The summed E-state index contributed by atoms with van der Waals surface area (Å²) in [5, 5.41) is 3.22. The smallest absolute Gasteiger partial charge is 0.167 e. The molecule has 32 heavy (non-hydrogen) atoms. The number of amidine groups is 1. The highest BCUT2D eigenvalue weighted by Crippen LogP contribution is 2.38. The number of halogens is 1. The van der Waals surface area contributed by atoms with E-state index in [0.29, 0.717) is 12.1 Å². The van der Waals surface area contributed by atoms with Crippen molar-refractivity contribution in [2.75, 3.05) is 7.05 Å². The maximum Gasteiger partial charge on any atom is 0.167 e. The molecule has 1 fully saturated rings. The lowest BCUT2D eigenvalue weighted by Gasteiger charge is -2.21. The van der Waals surface area contributed by atoms with Gasteiger partial charge in [0.25, 0.3) is 0 Å². The van der Waals surface area contributed by atoms with Gasteiger partial charge < -0.3 is 15.0 Å². The lowest BCUT2D eigenvalue weighted by atomic mass is 10.1. The summed E-state index contributed by atoms with van der Waals surface area (Å²) in [6, 6.07) is 6.30. The Balaban J connectivity index is 2.19. The molecule has 2 atom stereocenters. The molecule has 0 aliphatic carbocycles. The van der Waals surface area contributed by atoms with Crippen LogP contribution < -0.4 is 5.32 Å². The van der Waals surface area contributed by atoms with Crippen molar-refractivity contribution in [2.24, 2.45) is 4.99 Å². The van der Waals surface area contributed by atoms with Crippen molar-refractivity contribution < 1.29 is 14.0 Å². The summed E-state index contributed by atoms with van der Waals surface area (Å²) >= 11 is 1.58. The van der Waals surface area contributed by atoms with Crippen LogP contribution in [-0.2, 0) is 9.59 Å². The van der Waals surface area contributed by atoms with Crippen LogP contribution in [0.1, 0.15) is 52.5 Å². The van der Waals surface area contributed by atoms with Gasteiger partial charge >= 0.3 is 0 Å². The van der Waals surface area contributed by atoms with Crippen molar-refractivity contribution >= 4 is 35.1 Å². The number of hydrogen-bond acceptors (Lipinski definition) is 5. The number of hydrogen-bond donors (Lipinski definition) is 1. The minimum Gasteiger partial charge on any atom is -0.374 e. The number of thioether (sulfide) groups is 1. The average molecular weight is 458 g/mol. The maximum atomic E-state index is 13.8. The Kier molecular flexibility index (Phi) is 9.91. The third-order valence-corrected chi connectivity index (χ3v) is 7.14. The summed E-state index contributed by atoms with van der Waals surface area (Å²) in [6.07, 6.45) is 7.46. The number of carbonyl (C=O) groups excluding carboxylic acids is 2. The van der Waals surface area contributed by atoms with Gasteiger partial charge in [0.05, 0.1) is 24.0 Å². The van der Waals surface area contributed by atoms with Crippen molar-refractivity contribution in [3.63, 3.8) is 0 Å². The SMILES string of the molecule is C/C=C(\SC(=C(C)CC)c1cccc(F)c1)C(C)N/C(C=O)=C/N=C1CCC(C=O)N1C. The molecule has 0 amide bonds. The molecule has 0 saturated carbocycles. The molecule has 2 unspecified atom stereocenters. The molecule has 1 aliphatic rings. The Bertz CT molecular complexity index is 952. The van der Waals surface area contributed by atoms with E-state index in [-0.39, 0.29) is 17.9 Å². The van der Waals surface area contributed by atoms with Gasteiger partial charge in [-0.15, -0.1) is 0 Å². The van der Waals surface area contributed by atoms with E-state index in [0.717, 1.165) is 46.6 Å². The number of likely N-dealkylation sites (N-methyl/N-ethyl adjacent to an activating group) is 1. The summed E-state index contributed by atoms with van der Waals surface area (Å²) in [5.74, 6) is 0.517. The standard InChI is InChI=1S/C25H32FN3O2S/c1-6-17(3)25(19-9-8-10-20(26)13-19)32-23(7-2)18(4)28-21(15-30)14-27-24-12-11-22(16-31)29(24)5/h7-10,13-16,18,22,28H,6,11-12H2,1-5H3/b21-14+,23-7-,25-17?,27-24?. The van der Waals surface area contributed by atoms with Gasteiger partial charge in [0.2, 0.25) is 0 Å². The second-order valence-electron chi connectivity index (χ2n) is 7.73. The molecule has 1 aliphatic heterocycles. The van der Waals surface area contributed by atoms with Gasteiger partial charge in [-0.3, -0.25) is 4.79 Å². The molecule has 0 bridgehead atoms. The topological polar surface area (TPSA) is 61.8 Å². The second-order valence-corrected chi connectivity index (χ2v) is 8.82. The number of nitrogens with zero attached hydrogens (tertiary/aromatic N) is 2. The highest BCUT2D eigenvalue weighted by Gasteiger charge is 2.25. The van der Waals surface area contributed by atoms with E-state index < -0.39 is 0 Å². The normalized spacial score (nSPS) is 20.2. The molecule has 0 aromatic heterocycles. The van der Waals surface area contributed by atoms with Gasteiger partial charge in [-0.1, -0.05) is 42.5 Å². The first-order valence-electron chi connectivity index (χ1n) is 10.8. The fourth-order valence-corrected chi connectivity index (χ4v) is 4.57. The zero-order valence-electron chi connectivity index (χ0n) is 19.4. The van der Waals surface area contributed by atoms with Crippen LogP contribution in [0.4, 0.5) is 4.39 Å². The van der Waals surface area contributed by atoms with Crippen LogP contribution in [0.15, 0.2) is 57.7 Å². The van der Waals surface area contributed by atoms with E-state index in [2.05, 4.69) is 24.2 Å². The third kappa shape index (κ3) is 6.66. The highest BCUT2D eigenvalue weighted by atomic mass is 32.2. The maximum absolute atomic E-state index is 13.8. The van der Waals surface area contributed by atoms with Crippen molar-refractivity contribution in [3.8, 4) is 0 Å². The van der Waals surface area contributed by atoms with Crippen molar-refractivity contribution in [3.05, 3.63) is 64.1 Å². The number of nitrogens with one attached hydrogen (secondary N) is 1. The summed E-state index contributed by atoms with van der Waals surface area (Å²) < 4.78 is 13.8. The summed E-state index contributed by atoms with van der Waals surface area (Å²) in [5.41, 5.74) is 2.36. The van der Waals surface area contributed by atoms with E-state index in [9.17, 15) is 14.0 Å². The number of allylic oxidation sites excluding steroid dienone is 3. The van der Waals surface area contributed by atoms with Gasteiger partial charge in [-0.05, 0) is 51.3 Å². The monoisotopic (exact) mass is 457 g/mol. The van der Waals surface area contributed by atoms with Crippen LogP contribution in [0, 0.1) is 5.82 Å².